The van der Waals surface area contributed by atoms with E-state index < -0.39 is 22.0 Å². The zero-order chi connectivity index (χ0) is 25.6. The summed E-state index contributed by atoms with van der Waals surface area (Å²) in [5.74, 6) is -0.805. The molecule has 10 nitrogen and oxygen atoms in total. The van der Waals surface area contributed by atoms with E-state index in [0.29, 0.717) is 20.9 Å². The Balaban J connectivity index is 1.40. The molecule has 192 valence electrons. The number of carbonyl (C=O) groups is 2. The lowest BCUT2D eigenvalue weighted by Gasteiger charge is -2.39. The van der Waals surface area contributed by atoms with E-state index in [1.54, 1.807) is 29.2 Å². The minimum Gasteiger partial charge on any atom is -0.469 e. The maximum atomic E-state index is 13.5. The molecular formula is C23H26ClN5O5S2. The number of nitrogens with zero attached hydrogens (tertiary/aromatic N) is 4. The highest BCUT2D eigenvalue weighted by Gasteiger charge is 2.39. The molecule has 2 aromatic heterocycles. The van der Waals surface area contributed by atoms with Crippen molar-refractivity contribution in [1.82, 2.24) is 24.1 Å². The first-order valence-corrected chi connectivity index (χ1v) is 14.1. The molecule has 1 unspecified atom stereocenters. The first kappa shape index (κ1) is 25.2. The van der Waals surface area contributed by atoms with Crippen LogP contribution in [0.3, 0.4) is 0 Å². The number of rotatable bonds is 5. The van der Waals surface area contributed by atoms with Gasteiger partial charge in [0.1, 0.15) is 5.03 Å². The number of benzene rings is 1. The molecule has 0 radical (unpaired) electrons. The van der Waals surface area contributed by atoms with Gasteiger partial charge in [-0.3, -0.25) is 9.59 Å². The van der Waals surface area contributed by atoms with Gasteiger partial charge in [-0.15, -0.1) is 11.3 Å². The number of H-pyrrole nitrogens is 1. The van der Waals surface area contributed by atoms with Gasteiger partial charge in [0.05, 0.1) is 25.3 Å². The highest BCUT2D eigenvalue weighted by Crippen LogP contribution is 2.29. The van der Waals surface area contributed by atoms with Gasteiger partial charge >= 0.3 is 5.97 Å². The molecule has 0 aliphatic carbocycles. The van der Waals surface area contributed by atoms with E-state index in [1.165, 1.54) is 22.8 Å². The maximum absolute atomic E-state index is 13.5. The number of fused-ring (bicyclic) bond motifs is 2. The number of sulfonamides is 1. The number of methoxy groups -OCH3 is 1. The number of esters is 1. The number of likely N-dealkylation sites (N-methyl/N-ethyl adjacent to an activating group) is 1. The molecule has 1 saturated heterocycles. The van der Waals surface area contributed by atoms with Crippen molar-refractivity contribution in [3.63, 3.8) is 0 Å². The van der Waals surface area contributed by atoms with Gasteiger partial charge in [-0.05, 0) is 31.3 Å². The summed E-state index contributed by atoms with van der Waals surface area (Å²) < 4.78 is 33.1. The fourth-order valence-electron chi connectivity index (χ4n) is 4.66. The molecule has 4 heterocycles. The van der Waals surface area contributed by atoms with Crippen LogP contribution in [0.2, 0.25) is 5.02 Å². The predicted molar refractivity (Wildman–Crippen MR) is 136 cm³/mol. The van der Waals surface area contributed by atoms with Crippen molar-refractivity contribution in [3.8, 4) is 0 Å². The Morgan fingerprint density at radius 2 is 2.06 bits per heavy atom. The van der Waals surface area contributed by atoms with Crippen LogP contribution >= 0.6 is 22.9 Å². The normalized spacial score (nSPS) is 19.4. The van der Waals surface area contributed by atoms with Crippen molar-refractivity contribution < 1.29 is 22.7 Å². The molecule has 1 aromatic carbocycles. The van der Waals surface area contributed by atoms with Crippen molar-refractivity contribution in [1.29, 1.82) is 0 Å². The van der Waals surface area contributed by atoms with Gasteiger partial charge in [-0.2, -0.15) is 4.31 Å². The van der Waals surface area contributed by atoms with E-state index in [1.807, 2.05) is 7.05 Å². The van der Waals surface area contributed by atoms with E-state index in [0.717, 1.165) is 30.1 Å². The summed E-state index contributed by atoms with van der Waals surface area (Å²) in [6, 6.07) is 5.95. The highest BCUT2D eigenvalue weighted by atomic mass is 35.5. The molecular weight excluding hydrogens is 526 g/mol. The van der Waals surface area contributed by atoms with Gasteiger partial charge < -0.3 is 19.5 Å². The van der Waals surface area contributed by atoms with Crippen molar-refractivity contribution in [2.75, 3.05) is 40.3 Å². The summed E-state index contributed by atoms with van der Waals surface area (Å²) in [7, 11) is -0.612. The topological polar surface area (TPSA) is 116 Å². The Labute approximate surface area is 217 Å². The number of aromatic nitrogens is 2. The van der Waals surface area contributed by atoms with Crippen LogP contribution in [-0.4, -0.2) is 90.7 Å². The Kier molecular flexibility index (Phi) is 6.81. The van der Waals surface area contributed by atoms with Crippen LogP contribution in [0.4, 0.5) is 0 Å². The standard InChI is InChI=1S/C23H26ClN5O5S2/c1-27-6-5-18-19(13-27)35-22(26-18)23(31)29-8-7-28(12-16(29)11-21(30)34-2)36(32,33)20-10-14-9-15(24)3-4-17(14)25-20/h3-4,9-10,16,25H,5-8,11-13H2,1-2H3. The Hall–Kier alpha value is -2.51. The number of hydrogen-bond donors (Lipinski definition) is 1. The maximum Gasteiger partial charge on any atom is 0.307 e. The molecule has 13 heteroatoms. The first-order chi connectivity index (χ1) is 17.2. The van der Waals surface area contributed by atoms with Crippen LogP contribution < -0.4 is 0 Å². The summed E-state index contributed by atoms with van der Waals surface area (Å²) >= 11 is 7.41. The molecule has 2 aliphatic heterocycles. The smallest absolute Gasteiger partial charge is 0.307 e. The third kappa shape index (κ3) is 4.75. The van der Waals surface area contributed by atoms with Gasteiger partial charge in [0.15, 0.2) is 5.01 Å². The average Bonchev–Trinajstić information content (AvgIpc) is 3.47. The van der Waals surface area contributed by atoms with Gasteiger partial charge in [0, 0.05) is 59.9 Å². The Bertz CT molecular complexity index is 1440. The molecule has 2 aliphatic rings. The fraction of sp³-hybridized carbons (Fsp3) is 0.435. The lowest BCUT2D eigenvalue weighted by Crippen LogP contribution is -2.57. The number of aromatic amines is 1. The van der Waals surface area contributed by atoms with E-state index in [2.05, 4.69) is 14.9 Å². The molecule has 1 amide bonds. The number of halogens is 1. The van der Waals surface area contributed by atoms with E-state index >= 15 is 0 Å². The number of thiazole rings is 1. The number of piperazine rings is 1. The van der Waals surface area contributed by atoms with Crippen LogP contribution in [0.15, 0.2) is 29.3 Å². The van der Waals surface area contributed by atoms with Crippen molar-refractivity contribution in [2.45, 2.75) is 30.5 Å². The molecule has 5 rings (SSSR count). The third-order valence-corrected chi connectivity index (χ3v) is 9.71. The van der Waals surface area contributed by atoms with Gasteiger partial charge in [0.2, 0.25) is 0 Å². The predicted octanol–water partition coefficient (Wildman–Crippen LogP) is 2.34. The second-order valence-corrected chi connectivity index (χ2v) is 12.5. The molecule has 3 aromatic rings. The van der Waals surface area contributed by atoms with Crippen LogP contribution in [0.25, 0.3) is 10.9 Å². The second-order valence-electron chi connectivity index (χ2n) is 9.04. The van der Waals surface area contributed by atoms with Gasteiger partial charge in [-0.1, -0.05) is 11.6 Å². The minimum atomic E-state index is -3.91. The molecule has 1 fully saturated rings. The third-order valence-electron chi connectivity index (χ3n) is 6.62. The summed E-state index contributed by atoms with van der Waals surface area (Å²) in [5.41, 5.74) is 1.59. The number of amides is 1. The molecule has 1 atom stereocenters. The minimum absolute atomic E-state index is 0.0346. The number of nitrogens with one attached hydrogen (secondary N) is 1. The van der Waals surface area contributed by atoms with Gasteiger partial charge in [-0.25, -0.2) is 13.4 Å². The quantitative estimate of drug-likeness (QED) is 0.484. The number of hydrogen-bond acceptors (Lipinski definition) is 8. The van der Waals surface area contributed by atoms with Crippen molar-refractivity contribution >= 4 is 55.7 Å². The summed E-state index contributed by atoms with van der Waals surface area (Å²) in [5, 5.41) is 1.59. The monoisotopic (exact) mass is 551 g/mol. The zero-order valence-corrected chi connectivity index (χ0v) is 22.2. The number of carbonyl (C=O) groups excluding carboxylic acids is 2. The lowest BCUT2D eigenvalue weighted by atomic mass is 10.1. The average molecular weight is 552 g/mol. The summed E-state index contributed by atoms with van der Waals surface area (Å²) in [6.45, 7) is 1.82. The molecule has 1 N–H and O–H groups in total. The van der Waals surface area contributed by atoms with E-state index in [9.17, 15) is 18.0 Å². The number of ether oxygens (including phenoxy) is 1. The summed E-state index contributed by atoms with van der Waals surface area (Å²) in [4.78, 5) is 38.0. The Morgan fingerprint density at radius 3 is 2.83 bits per heavy atom. The summed E-state index contributed by atoms with van der Waals surface area (Å²) in [6.07, 6.45) is 0.660. The zero-order valence-electron chi connectivity index (χ0n) is 19.9. The largest absolute Gasteiger partial charge is 0.469 e. The molecule has 0 spiro atoms. The van der Waals surface area contributed by atoms with Crippen LogP contribution in [-0.2, 0) is 32.5 Å². The SMILES string of the molecule is COC(=O)CC1CN(S(=O)(=O)c2cc3cc(Cl)ccc3[nH]2)CCN1C(=O)c1nc2c(s1)CN(C)CC2. The van der Waals surface area contributed by atoms with E-state index in [4.69, 9.17) is 16.3 Å². The van der Waals surface area contributed by atoms with Gasteiger partial charge in [0.25, 0.3) is 15.9 Å². The van der Waals surface area contributed by atoms with Crippen LogP contribution in [0.1, 0.15) is 26.8 Å². The fourth-order valence-corrected chi connectivity index (χ4v) is 7.46. The molecule has 0 bridgehead atoms. The first-order valence-electron chi connectivity index (χ1n) is 11.5. The lowest BCUT2D eigenvalue weighted by molar-refractivity contribution is -0.142. The second kappa shape index (κ2) is 9.75. The van der Waals surface area contributed by atoms with Crippen LogP contribution in [0, 0.1) is 0 Å². The Morgan fingerprint density at radius 1 is 1.25 bits per heavy atom. The molecule has 0 saturated carbocycles. The van der Waals surface area contributed by atoms with E-state index in [-0.39, 0.29) is 37.0 Å². The van der Waals surface area contributed by atoms with Crippen LogP contribution in [0.5, 0.6) is 0 Å². The molecule has 36 heavy (non-hydrogen) atoms. The van der Waals surface area contributed by atoms with Crippen molar-refractivity contribution in [3.05, 3.63) is 44.9 Å². The van der Waals surface area contributed by atoms with Crippen molar-refractivity contribution in [2.24, 2.45) is 0 Å². The highest BCUT2D eigenvalue weighted by molar-refractivity contribution is 7.89.